The fourth-order valence-corrected chi connectivity index (χ4v) is 2.74. The largest absolute Gasteiger partial charge is 0.484 e. The minimum Gasteiger partial charge on any atom is -0.484 e. The Hall–Kier alpha value is -1.52. The van der Waals surface area contributed by atoms with Crippen LogP contribution < -0.4 is 5.32 Å². The van der Waals surface area contributed by atoms with Crippen molar-refractivity contribution in [2.75, 3.05) is 0 Å². The van der Waals surface area contributed by atoms with Gasteiger partial charge in [0.1, 0.15) is 5.60 Å². The Kier molecular flexibility index (Phi) is 4.83. The van der Waals surface area contributed by atoms with Gasteiger partial charge < -0.3 is 10.1 Å². The molecule has 0 spiro atoms. The molecule has 118 valence electrons. The second-order valence-electron chi connectivity index (χ2n) is 5.83. The van der Waals surface area contributed by atoms with Crippen molar-refractivity contribution >= 4 is 34.9 Å². The molecule has 1 aliphatic heterocycles. The lowest BCUT2D eigenvalue weighted by atomic mass is 9.94. The average Bonchev–Trinajstić information content (AvgIpc) is 2.39. The number of allylic oxidation sites excluding steroid dienone is 1. The molecule has 0 aromatic heterocycles. The number of rotatable bonds is 3. The van der Waals surface area contributed by atoms with E-state index in [1.54, 1.807) is 24.3 Å². The number of ether oxygens (including phenoxy) is 1. The number of carbonyl (C=O) groups is 2. The lowest BCUT2D eigenvalue weighted by Crippen LogP contribution is -2.44. The highest BCUT2D eigenvalue weighted by Gasteiger charge is 2.32. The van der Waals surface area contributed by atoms with Crippen LogP contribution in [0.5, 0.6) is 0 Å². The van der Waals surface area contributed by atoms with E-state index in [1.807, 2.05) is 13.8 Å². The summed E-state index contributed by atoms with van der Waals surface area (Å²) in [6, 6.07) is 4.56. The molecule has 4 nitrogen and oxygen atoms in total. The lowest BCUT2D eigenvalue weighted by molar-refractivity contribution is -0.120. The third-order valence-electron chi connectivity index (χ3n) is 3.31. The molecule has 0 saturated carbocycles. The molecule has 0 radical (unpaired) electrons. The number of Topliss-reactive ketones (excluding diaryl/α,β-unsaturated/α-hetero) is 1. The van der Waals surface area contributed by atoms with Crippen molar-refractivity contribution in [1.29, 1.82) is 0 Å². The fraction of sp³-hybridized carbons (Fsp3) is 0.375. The normalized spacial score (nSPS) is 19.9. The summed E-state index contributed by atoms with van der Waals surface area (Å²) < 4.78 is 5.61. The maximum absolute atomic E-state index is 12.4. The lowest BCUT2D eigenvalue weighted by Gasteiger charge is -2.35. The first-order valence-electron chi connectivity index (χ1n) is 6.86. The molecule has 1 heterocycles. The van der Waals surface area contributed by atoms with Gasteiger partial charge in [-0.2, -0.15) is 0 Å². The van der Waals surface area contributed by atoms with Crippen LogP contribution in [-0.2, 0) is 9.53 Å². The molecule has 1 aliphatic rings. The monoisotopic (exact) mass is 341 g/mol. The van der Waals surface area contributed by atoms with E-state index in [-0.39, 0.29) is 28.5 Å². The molecule has 0 fully saturated rings. The molecule has 1 amide bonds. The number of hydrogen-bond donors (Lipinski definition) is 1. The third kappa shape index (κ3) is 3.81. The number of hydrogen-bond acceptors (Lipinski definition) is 3. The summed E-state index contributed by atoms with van der Waals surface area (Å²) in [6.45, 7) is 5.17. The summed E-state index contributed by atoms with van der Waals surface area (Å²) in [5.41, 5.74) is -0.234. The van der Waals surface area contributed by atoms with Crippen molar-refractivity contribution in [2.24, 2.45) is 0 Å². The quantitative estimate of drug-likeness (QED) is 0.910. The van der Waals surface area contributed by atoms with Gasteiger partial charge in [0.15, 0.2) is 11.5 Å². The van der Waals surface area contributed by atoms with E-state index < -0.39 is 5.60 Å². The zero-order valence-corrected chi connectivity index (χ0v) is 14.1. The van der Waals surface area contributed by atoms with E-state index in [1.165, 1.54) is 6.92 Å². The van der Waals surface area contributed by atoms with Crippen LogP contribution in [-0.4, -0.2) is 23.3 Å². The molecular formula is C16H17Cl2NO3. The summed E-state index contributed by atoms with van der Waals surface area (Å²) in [5.74, 6) is -0.249. The van der Waals surface area contributed by atoms with E-state index in [0.29, 0.717) is 17.0 Å². The third-order valence-corrected chi connectivity index (χ3v) is 4.13. The number of halogens is 2. The van der Waals surface area contributed by atoms with E-state index in [2.05, 4.69) is 5.32 Å². The highest BCUT2D eigenvalue weighted by molar-refractivity contribution is 6.43. The predicted octanol–water partition coefficient (Wildman–Crippen LogP) is 3.76. The summed E-state index contributed by atoms with van der Waals surface area (Å²) in [5, 5.41) is 3.39. The number of ketones is 1. The maximum atomic E-state index is 12.4. The van der Waals surface area contributed by atoms with Crippen molar-refractivity contribution in [3.05, 3.63) is 45.6 Å². The van der Waals surface area contributed by atoms with Crippen molar-refractivity contribution in [1.82, 2.24) is 5.32 Å². The first kappa shape index (κ1) is 16.8. The highest BCUT2D eigenvalue weighted by Crippen LogP contribution is 2.29. The Morgan fingerprint density at radius 3 is 2.64 bits per heavy atom. The molecular weight excluding hydrogens is 325 g/mol. The number of benzene rings is 1. The molecule has 22 heavy (non-hydrogen) atoms. The van der Waals surface area contributed by atoms with Gasteiger partial charge in [0, 0.05) is 13.3 Å². The number of carbonyl (C=O) groups excluding carboxylic acids is 2. The second-order valence-corrected chi connectivity index (χ2v) is 6.62. The fourth-order valence-electron chi connectivity index (χ4n) is 2.35. The average molecular weight is 342 g/mol. The summed E-state index contributed by atoms with van der Waals surface area (Å²) >= 11 is 12.0. The van der Waals surface area contributed by atoms with Crippen molar-refractivity contribution in [3.8, 4) is 0 Å². The summed E-state index contributed by atoms with van der Waals surface area (Å²) in [6.07, 6.45) is 2.18. The molecule has 0 bridgehead atoms. The Labute approximate surface area is 139 Å². The van der Waals surface area contributed by atoms with Crippen LogP contribution in [0, 0.1) is 0 Å². The van der Waals surface area contributed by atoms with E-state index >= 15 is 0 Å². The van der Waals surface area contributed by atoms with Gasteiger partial charge in [0.25, 0.3) is 5.91 Å². The zero-order valence-electron chi connectivity index (χ0n) is 12.6. The predicted molar refractivity (Wildman–Crippen MR) is 86.3 cm³/mol. The minimum absolute atomic E-state index is 0.173. The van der Waals surface area contributed by atoms with Crippen LogP contribution in [0.1, 0.15) is 37.6 Å². The molecule has 2 rings (SSSR count). The van der Waals surface area contributed by atoms with Gasteiger partial charge in [-0.3, -0.25) is 9.59 Å². The molecule has 0 aliphatic carbocycles. The molecule has 1 N–H and O–H groups in total. The van der Waals surface area contributed by atoms with Crippen molar-refractivity contribution in [3.63, 3.8) is 0 Å². The minimum atomic E-state index is -0.536. The van der Waals surface area contributed by atoms with Gasteiger partial charge in [0.05, 0.1) is 21.7 Å². The summed E-state index contributed by atoms with van der Waals surface area (Å²) in [4.78, 5) is 23.9. The second kappa shape index (κ2) is 6.31. The van der Waals surface area contributed by atoms with Gasteiger partial charge in [-0.25, -0.2) is 0 Å². The van der Waals surface area contributed by atoms with Gasteiger partial charge in [-0.05, 0) is 32.1 Å². The molecule has 1 aromatic carbocycles. The topological polar surface area (TPSA) is 55.4 Å². The molecule has 1 atom stereocenters. The van der Waals surface area contributed by atoms with Gasteiger partial charge in [-0.1, -0.05) is 29.3 Å². The summed E-state index contributed by atoms with van der Waals surface area (Å²) in [7, 11) is 0. The number of nitrogens with one attached hydrogen (secondary N) is 1. The zero-order chi connectivity index (χ0) is 16.5. The standard InChI is InChI=1S/C16H17Cl2NO3/c1-9(20)13-7-10(8-16(2,3)22-13)19-15(21)11-5-4-6-12(17)14(11)18/h4-7,10H,8H2,1-3H3,(H,19,21). The van der Waals surface area contributed by atoms with Crippen LogP contribution in [0.3, 0.4) is 0 Å². The first-order chi connectivity index (χ1) is 10.2. The van der Waals surface area contributed by atoms with Crippen LogP contribution >= 0.6 is 23.2 Å². The van der Waals surface area contributed by atoms with Gasteiger partial charge >= 0.3 is 0 Å². The molecule has 1 unspecified atom stereocenters. The van der Waals surface area contributed by atoms with Crippen LogP contribution in [0.25, 0.3) is 0 Å². The Morgan fingerprint density at radius 2 is 2.00 bits per heavy atom. The van der Waals surface area contributed by atoms with E-state index in [4.69, 9.17) is 27.9 Å². The highest BCUT2D eigenvalue weighted by atomic mass is 35.5. The van der Waals surface area contributed by atoms with E-state index in [0.717, 1.165) is 0 Å². The first-order valence-corrected chi connectivity index (χ1v) is 7.62. The Balaban J connectivity index is 2.22. The van der Waals surface area contributed by atoms with Gasteiger partial charge in [0.2, 0.25) is 0 Å². The van der Waals surface area contributed by atoms with Crippen LogP contribution in [0.15, 0.2) is 30.0 Å². The number of amides is 1. The van der Waals surface area contributed by atoms with Crippen LogP contribution in [0.4, 0.5) is 0 Å². The Morgan fingerprint density at radius 1 is 1.32 bits per heavy atom. The van der Waals surface area contributed by atoms with Gasteiger partial charge in [-0.15, -0.1) is 0 Å². The smallest absolute Gasteiger partial charge is 0.253 e. The maximum Gasteiger partial charge on any atom is 0.253 e. The van der Waals surface area contributed by atoms with Crippen molar-refractivity contribution < 1.29 is 14.3 Å². The van der Waals surface area contributed by atoms with Crippen LogP contribution in [0.2, 0.25) is 10.0 Å². The molecule has 1 aromatic rings. The SMILES string of the molecule is CC(=O)C1=CC(NC(=O)c2cccc(Cl)c2Cl)CC(C)(C)O1. The Bertz CT molecular complexity index is 653. The van der Waals surface area contributed by atoms with Crippen molar-refractivity contribution in [2.45, 2.75) is 38.8 Å². The molecule has 0 saturated heterocycles. The van der Waals surface area contributed by atoms with E-state index in [9.17, 15) is 9.59 Å². The molecule has 6 heteroatoms.